The fourth-order valence-electron chi connectivity index (χ4n) is 2.49. The van der Waals surface area contributed by atoms with Crippen molar-refractivity contribution >= 4 is 54.2 Å². The molecule has 0 fully saturated rings. The first-order chi connectivity index (χ1) is 11.1. The van der Waals surface area contributed by atoms with E-state index >= 15 is 0 Å². The molecule has 0 unspecified atom stereocenters. The minimum atomic E-state index is -3.27. The van der Waals surface area contributed by atoms with Crippen LogP contribution in [0, 0.1) is 0 Å². The molecule has 126 valence electrons. The van der Waals surface area contributed by atoms with Crippen molar-refractivity contribution < 1.29 is 17.9 Å². The molecular weight excluding hydrogens is 412 g/mol. The van der Waals surface area contributed by atoms with E-state index in [-0.39, 0.29) is 10.7 Å². The van der Waals surface area contributed by atoms with Crippen molar-refractivity contribution in [1.29, 1.82) is 0 Å². The van der Waals surface area contributed by atoms with Crippen LogP contribution in [-0.2, 0) is 19.4 Å². The van der Waals surface area contributed by atoms with Crippen LogP contribution in [-0.4, -0.2) is 26.1 Å². The quantitative estimate of drug-likeness (QED) is 0.738. The molecule has 2 aromatic rings. The first-order valence-corrected chi connectivity index (χ1v) is 10.6. The minimum Gasteiger partial charge on any atom is -0.478 e. The number of carbonyl (C=O) groups is 1. The lowest BCUT2D eigenvalue weighted by atomic mass is 9.97. The number of ketones is 1. The zero-order chi connectivity index (χ0) is 17.7. The van der Waals surface area contributed by atoms with Gasteiger partial charge in [0.1, 0.15) is 5.76 Å². The molecule has 1 aromatic heterocycles. The summed E-state index contributed by atoms with van der Waals surface area (Å²) in [6.07, 6.45) is 1.16. The molecule has 1 aromatic carbocycles. The van der Waals surface area contributed by atoms with Crippen molar-refractivity contribution in [2.45, 2.75) is 24.3 Å². The summed E-state index contributed by atoms with van der Waals surface area (Å²) in [5.41, 5.74) is 0.264. The number of Topliss-reactive ketones (excluding diaryl/α,β-unsaturated/α-hetero) is 1. The summed E-state index contributed by atoms with van der Waals surface area (Å²) in [5, 5.41) is 0. The van der Waals surface area contributed by atoms with E-state index < -0.39 is 15.4 Å². The van der Waals surface area contributed by atoms with Crippen LogP contribution >= 0.6 is 27.3 Å². The van der Waals surface area contributed by atoms with E-state index in [0.717, 1.165) is 14.9 Å². The Morgan fingerprint density at radius 1 is 1.08 bits per heavy atom. The lowest BCUT2D eigenvalue weighted by Gasteiger charge is -2.17. The van der Waals surface area contributed by atoms with Gasteiger partial charge in [-0.1, -0.05) is 0 Å². The average Bonchev–Trinajstić information content (AvgIpc) is 3.00. The Kier molecular flexibility index (Phi) is 4.22. The summed E-state index contributed by atoms with van der Waals surface area (Å²) < 4.78 is 30.1. The zero-order valence-electron chi connectivity index (χ0n) is 13.3. The van der Waals surface area contributed by atoms with E-state index in [4.69, 9.17) is 4.74 Å². The van der Waals surface area contributed by atoms with E-state index in [1.165, 1.54) is 23.5 Å². The maximum atomic E-state index is 12.8. The van der Waals surface area contributed by atoms with Gasteiger partial charge in [0.05, 0.1) is 14.3 Å². The number of thiophene rings is 1. The molecule has 0 bridgehead atoms. The SMILES string of the molecule is CC1(C)OC(c2ccc(S(C)(=O)=O)cc2)=C(c2ccc(Br)s2)C1=O. The molecule has 7 heteroatoms. The first-order valence-electron chi connectivity index (χ1n) is 7.14. The van der Waals surface area contributed by atoms with Crippen LogP contribution in [0.3, 0.4) is 0 Å². The van der Waals surface area contributed by atoms with E-state index in [1.807, 2.05) is 12.1 Å². The van der Waals surface area contributed by atoms with Crippen molar-refractivity contribution in [3.8, 4) is 0 Å². The van der Waals surface area contributed by atoms with E-state index in [0.29, 0.717) is 16.9 Å². The van der Waals surface area contributed by atoms with Gasteiger partial charge in [0.15, 0.2) is 15.4 Å². The Bertz CT molecular complexity index is 951. The van der Waals surface area contributed by atoms with Crippen molar-refractivity contribution in [2.75, 3.05) is 6.26 Å². The second-order valence-corrected chi connectivity index (χ2v) is 10.5. The molecule has 0 atom stereocenters. The fraction of sp³-hybridized carbons (Fsp3) is 0.235. The normalized spacial score (nSPS) is 17.2. The first kappa shape index (κ1) is 17.4. The van der Waals surface area contributed by atoms with Gasteiger partial charge >= 0.3 is 0 Å². The Morgan fingerprint density at radius 2 is 1.71 bits per heavy atom. The smallest absolute Gasteiger partial charge is 0.210 e. The van der Waals surface area contributed by atoms with E-state index in [2.05, 4.69) is 15.9 Å². The second-order valence-electron chi connectivity index (χ2n) is 6.05. The van der Waals surface area contributed by atoms with Crippen LogP contribution in [0.4, 0.5) is 0 Å². The lowest BCUT2D eigenvalue weighted by Crippen LogP contribution is -2.29. The van der Waals surface area contributed by atoms with Gasteiger partial charge in [0.2, 0.25) is 5.78 Å². The highest BCUT2D eigenvalue weighted by Crippen LogP contribution is 2.43. The number of benzene rings is 1. The summed E-state index contributed by atoms with van der Waals surface area (Å²) in [4.78, 5) is 13.8. The lowest BCUT2D eigenvalue weighted by molar-refractivity contribution is -0.125. The van der Waals surface area contributed by atoms with Gasteiger partial charge in [-0.15, -0.1) is 11.3 Å². The number of hydrogen-bond acceptors (Lipinski definition) is 5. The average molecular weight is 427 g/mol. The van der Waals surface area contributed by atoms with Gasteiger partial charge in [-0.2, -0.15) is 0 Å². The molecule has 2 heterocycles. The van der Waals surface area contributed by atoms with Crippen molar-refractivity contribution in [3.63, 3.8) is 0 Å². The third-order valence-corrected chi connectivity index (χ3v) is 6.49. The molecule has 0 spiro atoms. The third kappa shape index (κ3) is 3.08. The summed E-state index contributed by atoms with van der Waals surface area (Å²) in [6, 6.07) is 10.2. The Balaban J connectivity index is 2.15. The number of carbonyl (C=O) groups excluding carboxylic acids is 1. The van der Waals surface area contributed by atoms with Gasteiger partial charge in [0, 0.05) is 16.7 Å². The van der Waals surface area contributed by atoms with Crippen LogP contribution in [0.1, 0.15) is 24.3 Å². The maximum absolute atomic E-state index is 12.8. The Labute approximate surface area is 153 Å². The van der Waals surface area contributed by atoms with Crippen LogP contribution in [0.5, 0.6) is 0 Å². The molecule has 3 rings (SSSR count). The van der Waals surface area contributed by atoms with Gasteiger partial charge in [-0.05, 0) is 66.2 Å². The van der Waals surface area contributed by atoms with Gasteiger partial charge in [-0.3, -0.25) is 4.79 Å². The van der Waals surface area contributed by atoms with Crippen molar-refractivity contribution in [2.24, 2.45) is 0 Å². The molecule has 0 aliphatic carbocycles. The van der Waals surface area contributed by atoms with Crippen LogP contribution in [0.15, 0.2) is 45.1 Å². The Hall–Kier alpha value is -1.44. The number of ether oxygens (including phenoxy) is 1. The molecule has 0 saturated heterocycles. The van der Waals surface area contributed by atoms with Crippen LogP contribution < -0.4 is 0 Å². The summed E-state index contributed by atoms with van der Waals surface area (Å²) >= 11 is 4.87. The summed E-state index contributed by atoms with van der Waals surface area (Å²) in [6.45, 7) is 3.46. The van der Waals surface area contributed by atoms with Gasteiger partial charge < -0.3 is 4.74 Å². The highest BCUT2D eigenvalue weighted by atomic mass is 79.9. The highest BCUT2D eigenvalue weighted by molar-refractivity contribution is 9.11. The minimum absolute atomic E-state index is 0.0842. The number of hydrogen-bond donors (Lipinski definition) is 0. The van der Waals surface area contributed by atoms with Gasteiger partial charge in [-0.25, -0.2) is 8.42 Å². The topological polar surface area (TPSA) is 60.4 Å². The molecular formula is C17H15BrO4S2. The van der Waals surface area contributed by atoms with E-state index in [1.54, 1.807) is 26.0 Å². The van der Waals surface area contributed by atoms with E-state index in [9.17, 15) is 13.2 Å². The fourth-order valence-corrected chi connectivity index (χ4v) is 4.54. The number of rotatable bonds is 3. The molecule has 0 N–H and O–H groups in total. The van der Waals surface area contributed by atoms with Crippen molar-refractivity contribution in [1.82, 2.24) is 0 Å². The standard InChI is InChI=1S/C17H15BrO4S2/c1-17(2)16(19)14(12-8-9-13(18)23-12)15(22-17)10-4-6-11(7-5-10)24(3,20)21/h4-9H,1-3H3. The largest absolute Gasteiger partial charge is 0.478 e. The maximum Gasteiger partial charge on any atom is 0.210 e. The second kappa shape index (κ2) is 5.82. The van der Waals surface area contributed by atoms with Gasteiger partial charge in [0.25, 0.3) is 0 Å². The molecule has 0 radical (unpaired) electrons. The molecule has 4 nitrogen and oxygen atoms in total. The molecule has 0 saturated carbocycles. The molecule has 24 heavy (non-hydrogen) atoms. The zero-order valence-corrected chi connectivity index (χ0v) is 16.5. The number of sulfone groups is 1. The Morgan fingerprint density at radius 3 is 2.21 bits per heavy atom. The third-order valence-electron chi connectivity index (χ3n) is 3.72. The van der Waals surface area contributed by atoms with Crippen LogP contribution in [0.25, 0.3) is 11.3 Å². The molecule has 1 aliphatic rings. The predicted molar refractivity (Wildman–Crippen MR) is 98.6 cm³/mol. The molecule has 0 amide bonds. The summed E-state index contributed by atoms with van der Waals surface area (Å²) in [5.74, 6) is 0.401. The highest BCUT2D eigenvalue weighted by Gasteiger charge is 2.43. The monoisotopic (exact) mass is 426 g/mol. The van der Waals surface area contributed by atoms with Crippen LogP contribution in [0.2, 0.25) is 0 Å². The summed E-state index contributed by atoms with van der Waals surface area (Å²) in [7, 11) is -3.27. The predicted octanol–water partition coefficient (Wildman–Crippen LogP) is 4.16. The molecule has 1 aliphatic heterocycles. The van der Waals surface area contributed by atoms with Crippen molar-refractivity contribution in [3.05, 3.63) is 50.6 Å². The number of halogens is 1.